The minimum absolute atomic E-state index is 0.148. The Morgan fingerprint density at radius 3 is 2.52 bits per heavy atom. The number of aromatic nitrogens is 3. The number of hydrogen-bond donors (Lipinski definition) is 1. The van der Waals surface area contributed by atoms with Crippen molar-refractivity contribution in [1.29, 1.82) is 0 Å². The zero-order valence-corrected chi connectivity index (χ0v) is 11.5. The molecule has 2 heterocycles. The van der Waals surface area contributed by atoms with E-state index in [1.54, 1.807) is 24.4 Å². The van der Waals surface area contributed by atoms with E-state index in [1.807, 2.05) is 6.07 Å². The molecule has 0 bridgehead atoms. The second kappa shape index (κ2) is 5.46. The number of hydrogen-bond acceptors (Lipinski definition) is 4. The fourth-order valence-corrected chi connectivity index (χ4v) is 2.14. The van der Waals surface area contributed by atoms with Gasteiger partial charge in [0.2, 0.25) is 5.95 Å². The van der Waals surface area contributed by atoms with Gasteiger partial charge in [0.15, 0.2) is 0 Å². The molecule has 0 aliphatic rings. The van der Waals surface area contributed by atoms with E-state index in [1.165, 1.54) is 18.3 Å². The van der Waals surface area contributed by atoms with Crippen LogP contribution in [0.5, 0.6) is 0 Å². The van der Waals surface area contributed by atoms with Gasteiger partial charge in [0.05, 0.1) is 22.6 Å². The van der Waals surface area contributed by atoms with E-state index in [9.17, 15) is 4.39 Å². The van der Waals surface area contributed by atoms with Crippen molar-refractivity contribution in [2.24, 2.45) is 0 Å². The first-order chi connectivity index (χ1) is 10.1. The standard InChI is InChI=1S/C15H10ClFN4/c16-12-8-20-15(18)21-14(12)10-5-6-19-13(7-10)9-1-3-11(17)4-2-9/h1-8H,(H2,18,20,21). The minimum atomic E-state index is -0.290. The van der Waals surface area contributed by atoms with Gasteiger partial charge in [-0.3, -0.25) is 4.98 Å². The Kier molecular flexibility index (Phi) is 3.50. The summed E-state index contributed by atoms with van der Waals surface area (Å²) in [5.74, 6) is -0.143. The molecule has 6 heteroatoms. The zero-order chi connectivity index (χ0) is 14.8. The van der Waals surface area contributed by atoms with Gasteiger partial charge < -0.3 is 5.73 Å². The molecule has 3 rings (SSSR count). The Morgan fingerprint density at radius 2 is 1.76 bits per heavy atom. The molecule has 104 valence electrons. The van der Waals surface area contributed by atoms with E-state index in [2.05, 4.69) is 15.0 Å². The molecule has 0 unspecified atom stereocenters. The monoisotopic (exact) mass is 300 g/mol. The van der Waals surface area contributed by atoms with Crippen LogP contribution in [0.3, 0.4) is 0 Å². The van der Waals surface area contributed by atoms with Gasteiger partial charge in [-0.25, -0.2) is 14.4 Å². The first-order valence-corrected chi connectivity index (χ1v) is 6.51. The molecule has 0 saturated carbocycles. The molecule has 0 aliphatic heterocycles. The van der Waals surface area contributed by atoms with Crippen LogP contribution in [0.2, 0.25) is 5.02 Å². The van der Waals surface area contributed by atoms with Gasteiger partial charge in [-0.15, -0.1) is 0 Å². The Balaban J connectivity index is 2.08. The second-order valence-electron chi connectivity index (χ2n) is 4.36. The van der Waals surface area contributed by atoms with Crippen LogP contribution in [0.25, 0.3) is 22.5 Å². The number of halogens is 2. The van der Waals surface area contributed by atoms with Crippen molar-refractivity contribution >= 4 is 17.5 Å². The maximum atomic E-state index is 13.0. The average molecular weight is 301 g/mol. The van der Waals surface area contributed by atoms with Gasteiger partial charge in [-0.1, -0.05) is 11.6 Å². The van der Waals surface area contributed by atoms with Crippen molar-refractivity contribution in [3.05, 3.63) is 59.6 Å². The Bertz CT molecular complexity index is 790. The molecule has 0 atom stereocenters. The summed E-state index contributed by atoms with van der Waals surface area (Å²) in [6.45, 7) is 0. The fraction of sp³-hybridized carbons (Fsp3) is 0. The normalized spacial score (nSPS) is 10.6. The van der Waals surface area contributed by atoms with Crippen molar-refractivity contribution in [2.75, 3.05) is 5.73 Å². The van der Waals surface area contributed by atoms with Crippen molar-refractivity contribution in [1.82, 2.24) is 15.0 Å². The highest BCUT2D eigenvalue weighted by atomic mass is 35.5. The van der Waals surface area contributed by atoms with Gasteiger partial charge >= 0.3 is 0 Å². The number of anilines is 1. The third-order valence-corrected chi connectivity index (χ3v) is 3.21. The van der Waals surface area contributed by atoms with Crippen molar-refractivity contribution < 1.29 is 4.39 Å². The summed E-state index contributed by atoms with van der Waals surface area (Å²) in [5, 5.41) is 0.403. The summed E-state index contributed by atoms with van der Waals surface area (Å²) >= 11 is 6.10. The first-order valence-electron chi connectivity index (χ1n) is 6.14. The van der Waals surface area contributed by atoms with Crippen LogP contribution in [-0.2, 0) is 0 Å². The number of pyridine rings is 1. The molecule has 4 nitrogen and oxygen atoms in total. The van der Waals surface area contributed by atoms with Crippen LogP contribution in [0.1, 0.15) is 0 Å². The molecule has 21 heavy (non-hydrogen) atoms. The number of nitrogen functional groups attached to an aromatic ring is 1. The van der Waals surface area contributed by atoms with Crippen LogP contribution in [0.15, 0.2) is 48.8 Å². The smallest absolute Gasteiger partial charge is 0.220 e. The van der Waals surface area contributed by atoms with Gasteiger partial charge in [0.1, 0.15) is 5.82 Å². The average Bonchev–Trinajstić information content (AvgIpc) is 2.50. The van der Waals surface area contributed by atoms with Gasteiger partial charge in [0.25, 0.3) is 0 Å². The molecule has 2 N–H and O–H groups in total. The van der Waals surface area contributed by atoms with Gasteiger partial charge in [-0.2, -0.15) is 0 Å². The molecule has 0 amide bonds. The number of nitrogens with two attached hydrogens (primary N) is 1. The van der Waals surface area contributed by atoms with Crippen LogP contribution < -0.4 is 5.73 Å². The predicted octanol–water partition coefficient (Wildman–Crippen LogP) is 3.58. The number of rotatable bonds is 2. The molecule has 3 aromatic rings. The highest BCUT2D eigenvalue weighted by Crippen LogP contribution is 2.28. The molecule has 0 saturated heterocycles. The molecule has 0 spiro atoms. The summed E-state index contributed by atoms with van der Waals surface area (Å²) in [5.41, 5.74) is 8.39. The van der Waals surface area contributed by atoms with Gasteiger partial charge in [-0.05, 0) is 36.4 Å². The third kappa shape index (κ3) is 2.83. The summed E-state index contributed by atoms with van der Waals surface area (Å²) in [6, 6.07) is 9.70. The minimum Gasteiger partial charge on any atom is -0.368 e. The van der Waals surface area contributed by atoms with Gasteiger partial charge in [0, 0.05) is 17.3 Å². The van der Waals surface area contributed by atoms with E-state index >= 15 is 0 Å². The van der Waals surface area contributed by atoms with E-state index in [4.69, 9.17) is 17.3 Å². The number of benzene rings is 1. The summed E-state index contributed by atoms with van der Waals surface area (Å²) in [4.78, 5) is 12.2. The van der Waals surface area contributed by atoms with Crippen LogP contribution in [0.4, 0.5) is 10.3 Å². The Labute approximate surface area is 125 Å². The molecule has 0 aliphatic carbocycles. The maximum Gasteiger partial charge on any atom is 0.220 e. The molecular formula is C15H10ClFN4. The molecular weight excluding hydrogens is 291 g/mol. The van der Waals surface area contributed by atoms with Crippen LogP contribution >= 0.6 is 11.6 Å². The lowest BCUT2D eigenvalue weighted by Crippen LogP contribution is -1.97. The molecule has 1 aromatic carbocycles. The largest absolute Gasteiger partial charge is 0.368 e. The third-order valence-electron chi connectivity index (χ3n) is 2.94. The second-order valence-corrected chi connectivity index (χ2v) is 4.77. The molecule has 2 aromatic heterocycles. The first kappa shape index (κ1) is 13.5. The number of nitrogens with zero attached hydrogens (tertiary/aromatic N) is 3. The zero-order valence-electron chi connectivity index (χ0n) is 10.8. The van der Waals surface area contributed by atoms with E-state index in [0.717, 1.165) is 11.1 Å². The predicted molar refractivity (Wildman–Crippen MR) is 80.1 cm³/mol. The van der Waals surface area contributed by atoms with Crippen molar-refractivity contribution in [3.8, 4) is 22.5 Å². The van der Waals surface area contributed by atoms with Crippen molar-refractivity contribution in [2.45, 2.75) is 0 Å². The Hall–Kier alpha value is -2.53. The Morgan fingerprint density at radius 1 is 1.00 bits per heavy atom. The molecule has 0 fully saturated rings. The highest BCUT2D eigenvalue weighted by molar-refractivity contribution is 6.32. The lowest BCUT2D eigenvalue weighted by molar-refractivity contribution is 0.628. The van der Waals surface area contributed by atoms with E-state index in [0.29, 0.717) is 16.4 Å². The van der Waals surface area contributed by atoms with E-state index < -0.39 is 0 Å². The van der Waals surface area contributed by atoms with E-state index in [-0.39, 0.29) is 11.8 Å². The maximum absolute atomic E-state index is 13.0. The SMILES string of the molecule is Nc1ncc(Cl)c(-c2ccnc(-c3ccc(F)cc3)c2)n1. The summed E-state index contributed by atoms with van der Waals surface area (Å²) in [7, 11) is 0. The topological polar surface area (TPSA) is 64.7 Å². The summed E-state index contributed by atoms with van der Waals surface area (Å²) in [6.07, 6.45) is 3.10. The van der Waals surface area contributed by atoms with Crippen LogP contribution in [-0.4, -0.2) is 15.0 Å². The van der Waals surface area contributed by atoms with Crippen LogP contribution in [0, 0.1) is 5.82 Å². The quantitative estimate of drug-likeness (QED) is 0.785. The lowest BCUT2D eigenvalue weighted by Gasteiger charge is -2.06. The summed E-state index contributed by atoms with van der Waals surface area (Å²) < 4.78 is 13.0. The van der Waals surface area contributed by atoms with Crippen molar-refractivity contribution in [3.63, 3.8) is 0 Å². The lowest BCUT2D eigenvalue weighted by atomic mass is 10.1. The fourth-order valence-electron chi connectivity index (χ4n) is 1.94. The molecule has 0 radical (unpaired) electrons. The highest BCUT2D eigenvalue weighted by Gasteiger charge is 2.09.